The van der Waals surface area contributed by atoms with E-state index in [1.807, 2.05) is 22.7 Å². The molecule has 19 aromatic rings. The van der Waals surface area contributed by atoms with Gasteiger partial charge in [-0.2, -0.15) is 0 Å². The zero-order valence-corrected chi connectivity index (χ0v) is 46.8. The Balaban J connectivity index is 0.950. The van der Waals surface area contributed by atoms with Crippen molar-refractivity contribution in [2.24, 2.45) is 0 Å². The maximum Gasteiger partial charge on any atom is 0.0634 e. The molecule has 0 aliphatic heterocycles. The lowest BCUT2D eigenvalue weighted by Gasteiger charge is -2.27. The molecule has 0 bridgehead atoms. The summed E-state index contributed by atoms with van der Waals surface area (Å²) < 4.78 is 10.5. The molecule has 0 saturated carbocycles. The Morgan fingerprint density at radius 1 is 0.238 bits per heavy atom. The van der Waals surface area contributed by atoms with Crippen molar-refractivity contribution in [3.05, 3.63) is 279 Å². The van der Waals surface area contributed by atoms with Crippen molar-refractivity contribution in [1.29, 1.82) is 0 Å². The summed E-state index contributed by atoms with van der Waals surface area (Å²) in [4.78, 5) is 4.97. The maximum absolute atomic E-state index is 2.64. The molecule has 0 unspecified atom stereocenters. The lowest BCUT2D eigenvalue weighted by molar-refractivity contribution is 1.30. The summed E-state index contributed by atoms with van der Waals surface area (Å²) >= 11 is 3.72. The number of thiophene rings is 2. The van der Waals surface area contributed by atoms with E-state index in [0.717, 1.165) is 34.1 Å². The molecule has 6 heteroatoms. The van der Waals surface area contributed by atoms with E-state index in [1.165, 1.54) is 139 Å². The quantitative estimate of drug-likeness (QED) is 0.151. The second kappa shape index (κ2) is 17.5. The number of fused-ring (bicyclic) bond motifs is 18. The van der Waals surface area contributed by atoms with Crippen molar-refractivity contribution in [2.45, 2.75) is 0 Å². The summed E-state index contributed by atoms with van der Waals surface area (Å²) in [6, 6.07) is 104. The number of para-hydroxylation sites is 4. The van der Waals surface area contributed by atoms with E-state index in [-0.39, 0.29) is 0 Å². The highest BCUT2D eigenvalue weighted by Gasteiger charge is 2.33. The van der Waals surface area contributed by atoms with Gasteiger partial charge in [-0.3, -0.25) is 0 Å². The number of rotatable bonds is 8. The van der Waals surface area contributed by atoms with Gasteiger partial charge >= 0.3 is 0 Å². The van der Waals surface area contributed by atoms with Crippen LogP contribution in [-0.2, 0) is 0 Å². The third-order valence-electron chi connectivity index (χ3n) is 17.9. The standard InChI is InChI=1S/C78H46N4S2/c1-5-21-47(22-6-1)69-73-57-33-17-31-55-72-62(80(50-27-11-4-12-28-50)52-42-44-68-60(46-52)54-30-14-16-40-66(54)84-68)36-20-38-64(72)82(75(55)57)78(73)70(48-23-7-2-8-24-48)74-58-34-18-32-56-71-61(35-19-37-63(71)81(76(56)58)77(69)74)79(49-25-9-3-10-26-49)51-41-43-67-59(45-51)53-29-13-15-39-65(53)83-67/h1-46H. The summed E-state index contributed by atoms with van der Waals surface area (Å²) in [5.41, 5.74) is 18.8. The van der Waals surface area contributed by atoms with Crippen LogP contribution in [0.4, 0.5) is 34.1 Å². The van der Waals surface area contributed by atoms with Gasteiger partial charge in [-0.05, 0) is 108 Å². The van der Waals surface area contributed by atoms with E-state index >= 15 is 0 Å². The van der Waals surface area contributed by atoms with Crippen molar-refractivity contribution in [2.75, 3.05) is 9.80 Å². The van der Waals surface area contributed by atoms with E-state index in [1.54, 1.807) is 0 Å². The van der Waals surface area contributed by atoms with Crippen LogP contribution in [0.15, 0.2) is 279 Å². The molecule has 0 amide bonds. The van der Waals surface area contributed by atoms with Gasteiger partial charge in [-0.1, -0.05) is 182 Å². The molecular weight excluding hydrogens is 1060 g/mol. The van der Waals surface area contributed by atoms with Gasteiger partial charge in [0, 0.05) is 117 Å². The Labute approximate surface area is 490 Å². The number of nitrogens with zero attached hydrogens (tertiary/aromatic N) is 4. The zero-order valence-electron chi connectivity index (χ0n) is 45.2. The fourth-order valence-corrected chi connectivity index (χ4v) is 16.8. The minimum atomic E-state index is 1.11. The second-order valence-electron chi connectivity index (χ2n) is 22.2. The van der Waals surface area contributed by atoms with Gasteiger partial charge < -0.3 is 18.6 Å². The molecular formula is C78H46N4S2. The Kier molecular flexibility index (Phi) is 9.62. The molecule has 6 aromatic heterocycles. The number of hydrogen-bond donors (Lipinski definition) is 0. The SMILES string of the molecule is c1ccc(-c2c3c4cccc5c6c(N(c7ccccc7)c7ccc8sc9ccccc9c8c7)cccc6n(c3c(-c3ccccc3)c3c6cccc7c8c(N(c9ccccc9)c9ccc%10sc%11ccccc%11c%10c9)cccc8n(c23)c76)c54)cc1. The van der Waals surface area contributed by atoms with Crippen LogP contribution in [0.3, 0.4) is 0 Å². The van der Waals surface area contributed by atoms with E-state index in [2.05, 4.69) is 298 Å². The van der Waals surface area contributed by atoms with Crippen LogP contribution in [0, 0.1) is 0 Å². The molecule has 390 valence electrons. The highest BCUT2D eigenvalue weighted by atomic mass is 32.1. The normalized spacial score (nSPS) is 12.3. The molecule has 6 heterocycles. The zero-order chi connectivity index (χ0) is 54.7. The molecule has 4 nitrogen and oxygen atoms in total. The molecule has 0 aliphatic carbocycles. The first-order chi connectivity index (χ1) is 41.7. The smallest absolute Gasteiger partial charge is 0.0634 e. The molecule has 0 saturated heterocycles. The van der Waals surface area contributed by atoms with Crippen LogP contribution in [0.25, 0.3) is 139 Å². The third-order valence-corrected chi connectivity index (χ3v) is 20.2. The van der Waals surface area contributed by atoms with Gasteiger partial charge in [0.2, 0.25) is 0 Å². The van der Waals surface area contributed by atoms with Crippen LogP contribution in [-0.4, -0.2) is 8.80 Å². The van der Waals surface area contributed by atoms with E-state index in [0.29, 0.717) is 0 Å². The van der Waals surface area contributed by atoms with Gasteiger partial charge in [0.1, 0.15) is 0 Å². The van der Waals surface area contributed by atoms with Gasteiger partial charge in [-0.15, -0.1) is 22.7 Å². The highest BCUT2D eigenvalue weighted by molar-refractivity contribution is 7.26. The van der Waals surface area contributed by atoms with E-state index in [4.69, 9.17) is 0 Å². The molecule has 0 spiro atoms. The van der Waals surface area contributed by atoms with Crippen molar-refractivity contribution >= 4 is 173 Å². The van der Waals surface area contributed by atoms with Crippen LogP contribution < -0.4 is 9.80 Å². The van der Waals surface area contributed by atoms with E-state index < -0.39 is 0 Å². The molecule has 0 aliphatic rings. The minimum absolute atomic E-state index is 1.11. The molecule has 0 fully saturated rings. The summed E-state index contributed by atoms with van der Waals surface area (Å²) in [7, 11) is 0. The monoisotopic (exact) mass is 1100 g/mol. The lowest BCUT2D eigenvalue weighted by Crippen LogP contribution is -2.10. The van der Waals surface area contributed by atoms with Gasteiger partial charge in [0.25, 0.3) is 0 Å². The highest BCUT2D eigenvalue weighted by Crippen LogP contribution is 2.56. The Hall–Kier alpha value is -10.5. The number of hydrogen-bond acceptors (Lipinski definition) is 4. The summed E-state index contributed by atoms with van der Waals surface area (Å²) in [5.74, 6) is 0. The largest absolute Gasteiger partial charge is 0.310 e. The van der Waals surface area contributed by atoms with Crippen molar-refractivity contribution in [3.8, 4) is 22.3 Å². The molecule has 0 radical (unpaired) electrons. The summed E-state index contributed by atoms with van der Waals surface area (Å²) in [6.07, 6.45) is 0. The van der Waals surface area contributed by atoms with Crippen LogP contribution in [0.1, 0.15) is 0 Å². The van der Waals surface area contributed by atoms with Crippen LogP contribution in [0.2, 0.25) is 0 Å². The number of anilines is 6. The Bertz CT molecular complexity index is 5490. The average Bonchev–Trinajstić information content (AvgIpc) is 1.60. The van der Waals surface area contributed by atoms with Crippen molar-refractivity contribution < 1.29 is 0 Å². The molecule has 19 rings (SSSR count). The lowest BCUT2D eigenvalue weighted by atomic mass is 9.89. The molecule has 84 heavy (non-hydrogen) atoms. The first-order valence-corrected chi connectivity index (χ1v) is 30.4. The Morgan fingerprint density at radius 2 is 0.583 bits per heavy atom. The third kappa shape index (κ3) is 6.30. The average molecular weight is 1100 g/mol. The first-order valence-electron chi connectivity index (χ1n) is 28.7. The van der Waals surface area contributed by atoms with Gasteiger partial charge in [-0.25, -0.2) is 0 Å². The molecule has 0 N–H and O–H groups in total. The summed E-state index contributed by atoms with van der Waals surface area (Å²) in [6.45, 7) is 0. The maximum atomic E-state index is 2.64. The molecule has 0 atom stereocenters. The van der Waals surface area contributed by atoms with E-state index in [9.17, 15) is 0 Å². The van der Waals surface area contributed by atoms with Gasteiger partial charge in [0.15, 0.2) is 0 Å². The minimum Gasteiger partial charge on any atom is -0.310 e. The van der Waals surface area contributed by atoms with Crippen LogP contribution >= 0.6 is 22.7 Å². The van der Waals surface area contributed by atoms with Crippen LogP contribution in [0.5, 0.6) is 0 Å². The predicted molar refractivity (Wildman–Crippen MR) is 362 cm³/mol. The van der Waals surface area contributed by atoms with Crippen molar-refractivity contribution in [3.63, 3.8) is 0 Å². The Morgan fingerprint density at radius 3 is 1.01 bits per heavy atom. The first kappa shape index (κ1) is 46.1. The summed E-state index contributed by atoms with van der Waals surface area (Å²) in [5, 5.41) is 15.0. The number of benzene rings is 13. The van der Waals surface area contributed by atoms with Crippen molar-refractivity contribution in [1.82, 2.24) is 8.80 Å². The number of aromatic nitrogens is 2. The molecule has 13 aromatic carbocycles. The van der Waals surface area contributed by atoms with Gasteiger partial charge in [0.05, 0.1) is 44.5 Å². The fraction of sp³-hybridized carbons (Fsp3) is 0. The predicted octanol–water partition coefficient (Wildman–Crippen LogP) is 23.0. The fourth-order valence-electron chi connectivity index (χ4n) is 14.6. The topological polar surface area (TPSA) is 15.3 Å². The second-order valence-corrected chi connectivity index (χ2v) is 24.4.